The molecule has 0 spiro atoms. The first-order chi connectivity index (χ1) is 11.2. The van der Waals surface area contributed by atoms with Crippen molar-refractivity contribution in [3.63, 3.8) is 0 Å². The summed E-state index contributed by atoms with van der Waals surface area (Å²) < 4.78 is 1.83. The molecule has 0 bridgehead atoms. The van der Waals surface area contributed by atoms with Crippen molar-refractivity contribution < 1.29 is 0 Å². The van der Waals surface area contributed by atoms with Crippen molar-refractivity contribution in [3.05, 3.63) is 82.1 Å². The lowest BCUT2D eigenvalue weighted by molar-refractivity contribution is 0.612. The number of fused-ring (bicyclic) bond motifs is 1. The Morgan fingerprint density at radius 1 is 1.00 bits per heavy atom. The van der Waals surface area contributed by atoms with Crippen molar-refractivity contribution in [2.24, 2.45) is 0 Å². The van der Waals surface area contributed by atoms with Crippen LogP contribution in [0.25, 0.3) is 5.70 Å². The number of nitrogens with zero attached hydrogens (tertiary/aromatic N) is 3. The van der Waals surface area contributed by atoms with Gasteiger partial charge in [0, 0.05) is 5.70 Å². The number of allylic oxidation sites excluding steroid dienone is 1. The Labute approximate surface area is 143 Å². The maximum absolute atomic E-state index is 6.17. The standard InChI is InChI=1S/C17H12Cl2N4/c18-13-7-6-12(8-14(13)19)16-9-15(11-4-2-1-3-5-11)22-17-20-10-21-23(16)17/h1-10,16H,(H,20,21,22)/t16-/m0/s1. The van der Waals surface area contributed by atoms with Gasteiger partial charge < -0.3 is 5.32 Å². The number of aromatic nitrogens is 3. The van der Waals surface area contributed by atoms with Crippen LogP contribution in [0.5, 0.6) is 0 Å². The van der Waals surface area contributed by atoms with Crippen molar-refractivity contribution in [2.75, 3.05) is 5.32 Å². The summed E-state index contributed by atoms with van der Waals surface area (Å²) in [5.74, 6) is 0.697. The molecule has 23 heavy (non-hydrogen) atoms. The van der Waals surface area contributed by atoms with E-state index in [9.17, 15) is 0 Å². The minimum absolute atomic E-state index is 0.0984. The van der Waals surface area contributed by atoms with E-state index in [0.717, 1.165) is 16.8 Å². The van der Waals surface area contributed by atoms with Gasteiger partial charge in [0.2, 0.25) is 5.95 Å². The van der Waals surface area contributed by atoms with Gasteiger partial charge in [-0.1, -0.05) is 59.6 Å². The lowest BCUT2D eigenvalue weighted by Crippen LogP contribution is -2.20. The highest BCUT2D eigenvalue weighted by Gasteiger charge is 2.23. The monoisotopic (exact) mass is 342 g/mol. The third kappa shape index (κ3) is 2.60. The largest absolute Gasteiger partial charge is 0.324 e. The number of rotatable bonds is 2. The molecule has 1 atom stereocenters. The fourth-order valence-electron chi connectivity index (χ4n) is 2.65. The predicted octanol–water partition coefficient (Wildman–Crippen LogP) is 4.64. The van der Waals surface area contributed by atoms with E-state index in [-0.39, 0.29) is 6.04 Å². The van der Waals surface area contributed by atoms with Gasteiger partial charge in [-0.05, 0) is 29.3 Å². The van der Waals surface area contributed by atoms with Crippen LogP contribution in [0.2, 0.25) is 10.0 Å². The number of benzene rings is 2. The molecule has 6 heteroatoms. The number of anilines is 1. The molecule has 0 aliphatic carbocycles. The quantitative estimate of drug-likeness (QED) is 0.737. The highest BCUT2D eigenvalue weighted by atomic mass is 35.5. The predicted molar refractivity (Wildman–Crippen MR) is 92.7 cm³/mol. The second-order valence-corrected chi connectivity index (χ2v) is 6.03. The van der Waals surface area contributed by atoms with Crippen molar-refractivity contribution in [3.8, 4) is 0 Å². The van der Waals surface area contributed by atoms with Gasteiger partial charge in [-0.15, -0.1) is 0 Å². The molecule has 3 aromatic rings. The summed E-state index contributed by atoms with van der Waals surface area (Å²) in [6.45, 7) is 0. The Kier molecular flexibility index (Phi) is 3.56. The van der Waals surface area contributed by atoms with Crippen LogP contribution in [0.4, 0.5) is 5.95 Å². The Hall–Kier alpha value is -2.30. The molecule has 1 aliphatic rings. The van der Waals surface area contributed by atoms with Crippen LogP contribution in [0, 0.1) is 0 Å². The van der Waals surface area contributed by atoms with Crippen LogP contribution < -0.4 is 5.32 Å². The van der Waals surface area contributed by atoms with Gasteiger partial charge in [0.05, 0.1) is 10.0 Å². The van der Waals surface area contributed by atoms with Crippen LogP contribution in [-0.4, -0.2) is 14.8 Å². The van der Waals surface area contributed by atoms with E-state index in [1.165, 1.54) is 6.33 Å². The SMILES string of the molecule is Clc1ccc([C@@H]2C=C(c3ccccc3)Nc3ncnn32)cc1Cl. The summed E-state index contributed by atoms with van der Waals surface area (Å²) in [5, 5.41) is 8.69. The molecular weight excluding hydrogens is 331 g/mol. The summed E-state index contributed by atoms with van der Waals surface area (Å²) >= 11 is 12.2. The summed E-state index contributed by atoms with van der Waals surface area (Å²) in [5.41, 5.74) is 3.08. The number of hydrogen-bond donors (Lipinski definition) is 1. The summed E-state index contributed by atoms with van der Waals surface area (Å²) in [6, 6.07) is 15.6. The highest BCUT2D eigenvalue weighted by Crippen LogP contribution is 2.34. The van der Waals surface area contributed by atoms with Gasteiger partial charge in [0.1, 0.15) is 12.4 Å². The third-order valence-electron chi connectivity index (χ3n) is 3.78. The Morgan fingerprint density at radius 2 is 1.83 bits per heavy atom. The molecule has 4 rings (SSSR count). The van der Waals surface area contributed by atoms with Crippen molar-refractivity contribution in [1.82, 2.24) is 14.8 Å². The van der Waals surface area contributed by atoms with Crippen LogP contribution in [0.1, 0.15) is 17.2 Å². The molecular formula is C17H12Cl2N4. The molecule has 2 heterocycles. The molecule has 0 saturated heterocycles. The average molecular weight is 343 g/mol. The third-order valence-corrected chi connectivity index (χ3v) is 4.52. The fourth-order valence-corrected chi connectivity index (χ4v) is 2.96. The average Bonchev–Trinajstić information content (AvgIpc) is 3.06. The molecule has 1 aromatic heterocycles. The van der Waals surface area contributed by atoms with Gasteiger partial charge >= 0.3 is 0 Å². The first-order valence-corrected chi connectivity index (χ1v) is 7.87. The van der Waals surface area contributed by atoms with Crippen LogP contribution >= 0.6 is 23.2 Å². The number of halogens is 2. The molecule has 2 aromatic carbocycles. The van der Waals surface area contributed by atoms with Gasteiger partial charge in [-0.3, -0.25) is 0 Å². The Bertz CT molecular complexity index is 887. The van der Waals surface area contributed by atoms with E-state index in [0.29, 0.717) is 16.0 Å². The van der Waals surface area contributed by atoms with Crippen LogP contribution in [0.3, 0.4) is 0 Å². The lowest BCUT2D eigenvalue weighted by atomic mass is 10.0. The number of nitrogens with one attached hydrogen (secondary N) is 1. The maximum Gasteiger partial charge on any atom is 0.226 e. The van der Waals surface area contributed by atoms with E-state index in [1.807, 2.05) is 35.0 Å². The van der Waals surface area contributed by atoms with Crippen LogP contribution in [0.15, 0.2) is 60.9 Å². The van der Waals surface area contributed by atoms with Gasteiger partial charge in [-0.25, -0.2) is 4.68 Å². The van der Waals surface area contributed by atoms with Crippen molar-refractivity contribution in [1.29, 1.82) is 0 Å². The zero-order valence-corrected chi connectivity index (χ0v) is 13.5. The first kappa shape index (κ1) is 14.3. The second kappa shape index (κ2) is 5.72. The zero-order valence-electron chi connectivity index (χ0n) is 11.9. The molecule has 0 fully saturated rings. The smallest absolute Gasteiger partial charge is 0.226 e. The van der Waals surface area contributed by atoms with Crippen LogP contribution in [-0.2, 0) is 0 Å². The molecule has 4 nitrogen and oxygen atoms in total. The van der Waals surface area contributed by atoms with Crippen molar-refractivity contribution in [2.45, 2.75) is 6.04 Å². The lowest BCUT2D eigenvalue weighted by Gasteiger charge is -2.24. The van der Waals surface area contributed by atoms with Gasteiger partial charge in [0.15, 0.2) is 0 Å². The first-order valence-electron chi connectivity index (χ1n) is 7.11. The number of hydrogen-bond acceptors (Lipinski definition) is 3. The zero-order chi connectivity index (χ0) is 15.8. The molecule has 1 N–H and O–H groups in total. The highest BCUT2D eigenvalue weighted by molar-refractivity contribution is 6.42. The van der Waals surface area contributed by atoms with E-state index in [1.54, 1.807) is 6.07 Å². The molecule has 1 aliphatic heterocycles. The molecule has 0 saturated carbocycles. The second-order valence-electron chi connectivity index (χ2n) is 5.22. The molecule has 114 valence electrons. The van der Waals surface area contributed by atoms with E-state index in [2.05, 4.69) is 33.6 Å². The van der Waals surface area contributed by atoms with Crippen molar-refractivity contribution >= 4 is 34.8 Å². The van der Waals surface area contributed by atoms with Gasteiger partial charge in [0.25, 0.3) is 0 Å². The minimum atomic E-state index is -0.0984. The molecule has 0 radical (unpaired) electrons. The maximum atomic E-state index is 6.17. The van der Waals surface area contributed by atoms with Gasteiger partial charge in [-0.2, -0.15) is 10.1 Å². The van der Waals surface area contributed by atoms with E-state index < -0.39 is 0 Å². The normalized spacial score (nSPS) is 16.4. The fraction of sp³-hybridized carbons (Fsp3) is 0.0588. The van der Waals surface area contributed by atoms with E-state index >= 15 is 0 Å². The molecule has 0 unspecified atom stereocenters. The Balaban J connectivity index is 1.83. The van der Waals surface area contributed by atoms with E-state index in [4.69, 9.17) is 23.2 Å². The molecule has 0 amide bonds. The Morgan fingerprint density at radius 3 is 2.61 bits per heavy atom. The summed E-state index contributed by atoms with van der Waals surface area (Å²) in [7, 11) is 0. The topological polar surface area (TPSA) is 42.7 Å². The summed E-state index contributed by atoms with van der Waals surface area (Å²) in [6.07, 6.45) is 3.64. The summed E-state index contributed by atoms with van der Waals surface area (Å²) in [4.78, 5) is 4.29. The minimum Gasteiger partial charge on any atom is -0.324 e.